The van der Waals surface area contributed by atoms with E-state index >= 15 is 0 Å². The Morgan fingerprint density at radius 1 is 1.00 bits per heavy atom. The molecule has 0 aliphatic heterocycles. The first-order valence-electron chi connectivity index (χ1n) is 8.22. The first-order chi connectivity index (χ1) is 12.6. The molecule has 1 amide bonds. The Balaban J connectivity index is 1.78. The highest BCUT2D eigenvalue weighted by molar-refractivity contribution is 6.01. The van der Waals surface area contributed by atoms with E-state index in [4.69, 9.17) is 14.2 Å². The van der Waals surface area contributed by atoms with Crippen LogP contribution < -0.4 is 19.5 Å². The molecule has 0 fully saturated rings. The van der Waals surface area contributed by atoms with E-state index in [0.717, 1.165) is 27.8 Å². The molecule has 0 aliphatic carbocycles. The maximum Gasteiger partial charge on any atom is 0.268 e. The van der Waals surface area contributed by atoms with Gasteiger partial charge in [0.1, 0.15) is 11.4 Å². The average molecular weight is 354 g/mol. The van der Waals surface area contributed by atoms with E-state index in [1.165, 1.54) is 0 Å². The second-order valence-corrected chi connectivity index (χ2v) is 5.91. The lowest BCUT2D eigenvalue weighted by Crippen LogP contribution is -2.23. The fourth-order valence-electron chi connectivity index (χ4n) is 2.93. The number of fused-ring (bicyclic) bond motifs is 1. The number of carbonyl (C=O) groups is 1. The van der Waals surface area contributed by atoms with Crippen LogP contribution in [0.1, 0.15) is 21.6 Å². The zero-order valence-electron chi connectivity index (χ0n) is 15.3. The molecule has 0 saturated carbocycles. The summed E-state index contributed by atoms with van der Waals surface area (Å²) in [6.45, 7) is 2.31. The highest BCUT2D eigenvalue weighted by atomic mass is 16.5. The van der Waals surface area contributed by atoms with Gasteiger partial charge < -0.3 is 24.5 Å². The lowest BCUT2D eigenvalue weighted by atomic mass is 10.1. The maximum atomic E-state index is 12.6. The molecule has 2 N–H and O–H groups in total. The van der Waals surface area contributed by atoms with E-state index in [1.807, 2.05) is 43.3 Å². The zero-order valence-corrected chi connectivity index (χ0v) is 15.3. The van der Waals surface area contributed by atoms with Crippen molar-refractivity contribution in [2.75, 3.05) is 21.3 Å². The number of methoxy groups -OCH3 is 3. The van der Waals surface area contributed by atoms with E-state index in [1.54, 1.807) is 21.3 Å². The SMILES string of the molecule is COc1ccc2c(C)c(C(=O)NCc3ccc(OC)c(OC)c3)[nH]c2c1. The normalized spacial score (nSPS) is 10.6. The van der Waals surface area contributed by atoms with Crippen LogP contribution in [0.4, 0.5) is 0 Å². The quantitative estimate of drug-likeness (QED) is 0.711. The monoisotopic (exact) mass is 354 g/mol. The molecular formula is C20H22N2O4. The summed E-state index contributed by atoms with van der Waals surface area (Å²) in [6, 6.07) is 11.3. The molecule has 3 aromatic rings. The second kappa shape index (κ2) is 7.39. The second-order valence-electron chi connectivity index (χ2n) is 5.91. The van der Waals surface area contributed by atoms with E-state index in [0.29, 0.717) is 23.7 Å². The summed E-state index contributed by atoms with van der Waals surface area (Å²) in [7, 11) is 4.79. The molecule has 0 radical (unpaired) electrons. The minimum atomic E-state index is -0.160. The van der Waals surface area contributed by atoms with Crippen molar-refractivity contribution in [3.05, 3.63) is 53.2 Å². The largest absolute Gasteiger partial charge is 0.497 e. The lowest BCUT2D eigenvalue weighted by molar-refractivity contribution is 0.0946. The molecule has 26 heavy (non-hydrogen) atoms. The number of carbonyl (C=O) groups excluding carboxylic acids is 1. The number of benzene rings is 2. The standard InChI is InChI=1S/C20H22N2O4/c1-12-15-7-6-14(24-2)10-16(15)22-19(12)20(23)21-11-13-5-8-17(25-3)18(9-13)26-4/h5-10,22H,11H2,1-4H3,(H,21,23). The smallest absolute Gasteiger partial charge is 0.268 e. The van der Waals surface area contributed by atoms with Crippen LogP contribution in [0.15, 0.2) is 36.4 Å². The summed E-state index contributed by atoms with van der Waals surface area (Å²) in [4.78, 5) is 15.8. The van der Waals surface area contributed by atoms with Crippen molar-refractivity contribution in [2.24, 2.45) is 0 Å². The van der Waals surface area contributed by atoms with E-state index < -0.39 is 0 Å². The van der Waals surface area contributed by atoms with Crippen molar-refractivity contribution in [1.82, 2.24) is 10.3 Å². The van der Waals surface area contributed by atoms with Crippen LogP contribution in [0, 0.1) is 6.92 Å². The first-order valence-corrected chi connectivity index (χ1v) is 8.22. The van der Waals surface area contributed by atoms with Crippen LogP contribution in [0.5, 0.6) is 17.2 Å². The number of ether oxygens (including phenoxy) is 3. The molecule has 2 aromatic carbocycles. The number of aryl methyl sites for hydroxylation is 1. The molecule has 0 bridgehead atoms. The van der Waals surface area contributed by atoms with Gasteiger partial charge in [0.2, 0.25) is 0 Å². The number of H-pyrrole nitrogens is 1. The van der Waals surface area contributed by atoms with Crippen molar-refractivity contribution in [2.45, 2.75) is 13.5 Å². The van der Waals surface area contributed by atoms with Crippen LogP contribution in [-0.2, 0) is 6.54 Å². The van der Waals surface area contributed by atoms with Crippen molar-refractivity contribution >= 4 is 16.8 Å². The Morgan fingerprint density at radius 2 is 1.77 bits per heavy atom. The summed E-state index contributed by atoms with van der Waals surface area (Å²) in [5.74, 6) is 1.87. The predicted molar refractivity (Wildman–Crippen MR) is 100 cm³/mol. The number of amides is 1. The van der Waals surface area contributed by atoms with Crippen molar-refractivity contribution in [3.63, 3.8) is 0 Å². The molecule has 6 nitrogen and oxygen atoms in total. The van der Waals surface area contributed by atoms with Gasteiger partial charge in [-0.15, -0.1) is 0 Å². The number of nitrogens with one attached hydrogen (secondary N) is 2. The summed E-state index contributed by atoms with van der Waals surface area (Å²) >= 11 is 0. The Morgan fingerprint density at radius 3 is 2.46 bits per heavy atom. The fourth-order valence-corrected chi connectivity index (χ4v) is 2.93. The van der Waals surface area contributed by atoms with Gasteiger partial charge >= 0.3 is 0 Å². The molecular weight excluding hydrogens is 332 g/mol. The summed E-state index contributed by atoms with van der Waals surface area (Å²) in [6.07, 6.45) is 0. The van der Waals surface area contributed by atoms with Gasteiger partial charge in [-0.3, -0.25) is 4.79 Å². The number of aromatic amines is 1. The molecule has 1 aromatic heterocycles. The Hall–Kier alpha value is -3.15. The molecule has 1 heterocycles. The Labute approximate surface area is 152 Å². The highest BCUT2D eigenvalue weighted by Crippen LogP contribution is 2.28. The van der Waals surface area contributed by atoms with Gasteiger partial charge in [0.15, 0.2) is 11.5 Å². The number of aromatic nitrogens is 1. The number of hydrogen-bond acceptors (Lipinski definition) is 4. The first kappa shape index (κ1) is 17.7. The third-order valence-electron chi connectivity index (χ3n) is 4.39. The topological polar surface area (TPSA) is 72.6 Å². The average Bonchev–Trinajstić information content (AvgIpc) is 3.01. The van der Waals surface area contributed by atoms with Gasteiger partial charge in [0, 0.05) is 23.5 Å². The fraction of sp³-hybridized carbons (Fsp3) is 0.250. The summed E-state index contributed by atoms with van der Waals surface area (Å²) in [5, 5.41) is 3.94. The molecule has 0 spiro atoms. The minimum Gasteiger partial charge on any atom is -0.497 e. The molecule has 0 saturated heterocycles. The lowest BCUT2D eigenvalue weighted by Gasteiger charge is -2.10. The van der Waals surface area contributed by atoms with Crippen LogP contribution in [0.2, 0.25) is 0 Å². The van der Waals surface area contributed by atoms with Crippen LogP contribution in [0.25, 0.3) is 10.9 Å². The molecule has 0 aliphatic rings. The van der Waals surface area contributed by atoms with E-state index in [2.05, 4.69) is 10.3 Å². The van der Waals surface area contributed by atoms with E-state index in [9.17, 15) is 4.79 Å². The zero-order chi connectivity index (χ0) is 18.7. The maximum absolute atomic E-state index is 12.6. The van der Waals surface area contributed by atoms with Crippen LogP contribution >= 0.6 is 0 Å². The van der Waals surface area contributed by atoms with Gasteiger partial charge in [-0.1, -0.05) is 6.07 Å². The van der Waals surface area contributed by atoms with E-state index in [-0.39, 0.29) is 5.91 Å². The van der Waals surface area contributed by atoms with Gasteiger partial charge in [0.05, 0.1) is 21.3 Å². The molecule has 0 unspecified atom stereocenters. The minimum absolute atomic E-state index is 0.160. The third kappa shape index (κ3) is 3.31. The highest BCUT2D eigenvalue weighted by Gasteiger charge is 2.15. The summed E-state index contributed by atoms with van der Waals surface area (Å²) < 4.78 is 15.8. The Kier molecular flexibility index (Phi) is 5.02. The predicted octanol–water partition coefficient (Wildman–Crippen LogP) is 3.43. The summed E-state index contributed by atoms with van der Waals surface area (Å²) in [5.41, 5.74) is 3.26. The molecule has 0 atom stereocenters. The van der Waals surface area contributed by atoms with Gasteiger partial charge in [-0.25, -0.2) is 0 Å². The van der Waals surface area contributed by atoms with Crippen molar-refractivity contribution < 1.29 is 19.0 Å². The third-order valence-corrected chi connectivity index (χ3v) is 4.39. The van der Waals surface area contributed by atoms with Crippen molar-refractivity contribution in [3.8, 4) is 17.2 Å². The molecule has 6 heteroatoms. The van der Waals surface area contributed by atoms with Crippen LogP contribution in [0.3, 0.4) is 0 Å². The Bertz CT molecular complexity index is 946. The van der Waals surface area contributed by atoms with Gasteiger partial charge in [-0.2, -0.15) is 0 Å². The number of rotatable bonds is 6. The van der Waals surface area contributed by atoms with Gasteiger partial charge in [-0.05, 0) is 42.3 Å². The van der Waals surface area contributed by atoms with Gasteiger partial charge in [0.25, 0.3) is 5.91 Å². The van der Waals surface area contributed by atoms with Crippen molar-refractivity contribution in [1.29, 1.82) is 0 Å². The van der Waals surface area contributed by atoms with Crippen LogP contribution in [-0.4, -0.2) is 32.2 Å². The number of hydrogen-bond donors (Lipinski definition) is 2. The molecule has 3 rings (SSSR count). The molecule has 136 valence electrons.